The van der Waals surface area contributed by atoms with Crippen molar-refractivity contribution in [2.75, 3.05) is 21.2 Å². The van der Waals surface area contributed by atoms with Crippen LogP contribution in [0, 0.1) is 11.8 Å². The Morgan fingerprint density at radius 1 is 1.23 bits per heavy atom. The summed E-state index contributed by atoms with van der Waals surface area (Å²) in [6.07, 6.45) is 0. The van der Waals surface area contributed by atoms with Gasteiger partial charge in [-0.1, -0.05) is 20.8 Å². The number of rotatable bonds is 4. The molecule has 0 spiro atoms. The van der Waals surface area contributed by atoms with Crippen LogP contribution in [0.5, 0.6) is 0 Å². The van der Waals surface area contributed by atoms with E-state index in [1.54, 1.807) is 0 Å². The quantitative estimate of drug-likeness (QED) is 0.623. The number of carbonyl (C=O) groups excluding carboxylic acids is 1. The average molecular weight is 187 g/mol. The maximum atomic E-state index is 11.4. The van der Waals surface area contributed by atoms with Crippen LogP contribution in [-0.2, 0) is 9.53 Å². The Bertz CT molecular complexity index is 166. The molecule has 0 N–H and O–H groups in total. The molecule has 0 rings (SSSR count). The molecule has 0 bridgehead atoms. The van der Waals surface area contributed by atoms with E-state index in [-0.39, 0.29) is 12.0 Å². The first-order chi connectivity index (χ1) is 5.91. The summed E-state index contributed by atoms with van der Waals surface area (Å²) in [5.74, 6) is 0.639. The highest BCUT2D eigenvalue weighted by Crippen LogP contribution is 2.18. The van der Waals surface area contributed by atoms with Crippen molar-refractivity contribution in [3.8, 4) is 0 Å². The number of nitrogens with zero attached hydrogens (tertiary/aromatic N) is 1. The van der Waals surface area contributed by atoms with Crippen LogP contribution in [-0.4, -0.2) is 38.1 Å². The van der Waals surface area contributed by atoms with Crippen molar-refractivity contribution in [3.05, 3.63) is 0 Å². The second kappa shape index (κ2) is 5.22. The van der Waals surface area contributed by atoms with E-state index in [0.29, 0.717) is 11.8 Å². The van der Waals surface area contributed by atoms with Crippen LogP contribution < -0.4 is 0 Å². The standard InChI is InChI=1S/C10H21NO2/c1-7(2)8(3)9(11(4)5)10(12)13-6/h7-9H,1-6H3/t8?,9-/m0/s1. The van der Waals surface area contributed by atoms with Crippen molar-refractivity contribution >= 4 is 5.97 Å². The molecule has 0 aromatic carbocycles. The second-order valence-corrected chi connectivity index (χ2v) is 4.03. The summed E-state index contributed by atoms with van der Waals surface area (Å²) in [5.41, 5.74) is 0. The number of likely N-dealkylation sites (N-methyl/N-ethyl adjacent to an activating group) is 1. The molecule has 0 amide bonds. The number of ether oxygens (including phenoxy) is 1. The Hall–Kier alpha value is -0.570. The molecular weight excluding hydrogens is 166 g/mol. The molecular formula is C10H21NO2. The Balaban J connectivity index is 4.51. The van der Waals surface area contributed by atoms with Gasteiger partial charge in [0.25, 0.3) is 0 Å². The number of hydrogen-bond donors (Lipinski definition) is 0. The summed E-state index contributed by atoms with van der Waals surface area (Å²) < 4.78 is 4.76. The third kappa shape index (κ3) is 3.35. The number of methoxy groups -OCH3 is 1. The van der Waals surface area contributed by atoms with Gasteiger partial charge in [-0.15, -0.1) is 0 Å². The normalized spacial score (nSPS) is 16.0. The number of hydrogen-bond acceptors (Lipinski definition) is 3. The van der Waals surface area contributed by atoms with Crippen LogP contribution in [0.15, 0.2) is 0 Å². The van der Waals surface area contributed by atoms with Crippen LogP contribution in [0.3, 0.4) is 0 Å². The summed E-state index contributed by atoms with van der Waals surface area (Å²) in [5, 5.41) is 0. The molecule has 13 heavy (non-hydrogen) atoms. The Labute approximate surface area is 81.1 Å². The second-order valence-electron chi connectivity index (χ2n) is 4.03. The van der Waals surface area contributed by atoms with Gasteiger partial charge in [0.15, 0.2) is 0 Å². The third-order valence-electron chi connectivity index (χ3n) is 2.55. The minimum Gasteiger partial charge on any atom is -0.468 e. The van der Waals surface area contributed by atoms with Gasteiger partial charge in [0.2, 0.25) is 0 Å². The topological polar surface area (TPSA) is 29.5 Å². The molecule has 3 nitrogen and oxygen atoms in total. The van der Waals surface area contributed by atoms with E-state index in [9.17, 15) is 4.79 Å². The van der Waals surface area contributed by atoms with Gasteiger partial charge in [-0.3, -0.25) is 9.69 Å². The highest BCUT2D eigenvalue weighted by atomic mass is 16.5. The maximum Gasteiger partial charge on any atom is 0.323 e. The molecule has 3 heteroatoms. The first-order valence-electron chi connectivity index (χ1n) is 4.66. The lowest BCUT2D eigenvalue weighted by Gasteiger charge is -2.29. The van der Waals surface area contributed by atoms with Gasteiger partial charge in [-0.2, -0.15) is 0 Å². The number of esters is 1. The molecule has 78 valence electrons. The largest absolute Gasteiger partial charge is 0.468 e. The summed E-state index contributed by atoms with van der Waals surface area (Å²) >= 11 is 0. The zero-order valence-electron chi connectivity index (χ0n) is 9.50. The lowest BCUT2D eigenvalue weighted by molar-refractivity contribution is -0.148. The van der Waals surface area contributed by atoms with Crippen LogP contribution in [0.4, 0.5) is 0 Å². The molecule has 0 aromatic heterocycles. The van der Waals surface area contributed by atoms with E-state index in [0.717, 1.165) is 0 Å². The fourth-order valence-electron chi connectivity index (χ4n) is 1.38. The highest BCUT2D eigenvalue weighted by molar-refractivity contribution is 5.75. The molecule has 0 radical (unpaired) electrons. The molecule has 0 aliphatic rings. The Morgan fingerprint density at radius 3 is 1.92 bits per heavy atom. The minimum absolute atomic E-state index is 0.134. The maximum absolute atomic E-state index is 11.4. The van der Waals surface area contributed by atoms with Crippen molar-refractivity contribution in [2.24, 2.45) is 11.8 Å². The van der Waals surface area contributed by atoms with Crippen molar-refractivity contribution < 1.29 is 9.53 Å². The minimum atomic E-state index is -0.147. The van der Waals surface area contributed by atoms with Crippen molar-refractivity contribution in [1.29, 1.82) is 0 Å². The molecule has 0 saturated heterocycles. The lowest BCUT2D eigenvalue weighted by atomic mass is 9.90. The monoisotopic (exact) mass is 187 g/mol. The summed E-state index contributed by atoms with van der Waals surface area (Å²) in [6, 6.07) is -0.134. The first-order valence-corrected chi connectivity index (χ1v) is 4.66. The van der Waals surface area contributed by atoms with Gasteiger partial charge in [-0.05, 0) is 25.9 Å². The Kier molecular flexibility index (Phi) is 4.99. The molecule has 0 heterocycles. The summed E-state index contributed by atoms with van der Waals surface area (Å²) in [6.45, 7) is 6.31. The first kappa shape index (κ1) is 12.4. The van der Waals surface area contributed by atoms with Crippen LogP contribution in [0.2, 0.25) is 0 Å². The summed E-state index contributed by atoms with van der Waals surface area (Å²) in [4.78, 5) is 13.3. The van der Waals surface area contributed by atoms with Crippen LogP contribution >= 0.6 is 0 Å². The van der Waals surface area contributed by atoms with E-state index < -0.39 is 0 Å². The SMILES string of the molecule is COC(=O)[C@H](C(C)C(C)C)N(C)C. The third-order valence-corrected chi connectivity index (χ3v) is 2.55. The van der Waals surface area contributed by atoms with E-state index in [2.05, 4.69) is 20.8 Å². The van der Waals surface area contributed by atoms with Gasteiger partial charge in [0.1, 0.15) is 6.04 Å². The van der Waals surface area contributed by atoms with E-state index in [4.69, 9.17) is 4.74 Å². The predicted molar refractivity (Wildman–Crippen MR) is 53.5 cm³/mol. The lowest BCUT2D eigenvalue weighted by Crippen LogP contribution is -2.43. The fraction of sp³-hybridized carbons (Fsp3) is 0.900. The zero-order chi connectivity index (χ0) is 10.6. The van der Waals surface area contributed by atoms with E-state index >= 15 is 0 Å². The fourth-order valence-corrected chi connectivity index (χ4v) is 1.38. The van der Waals surface area contributed by atoms with Gasteiger partial charge in [-0.25, -0.2) is 0 Å². The molecule has 2 atom stereocenters. The molecule has 0 aromatic rings. The van der Waals surface area contributed by atoms with E-state index in [1.807, 2.05) is 19.0 Å². The van der Waals surface area contributed by atoms with Gasteiger partial charge in [0.05, 0.1) is 7.11 Å². The van der Waals surface area contributed by atoms with Gasteiger partial charge < -0.3 is 4.74 Å². The average Bonchev–Trinajstić information content (AvgIpc) is 2.03. The number of carbonyl (C=O) groups is 1. The van der Waals surface area contributed by atoms with Crippen LogP contribution in [0.25, 0.3) is 0 Å². The van der Waals surface area contributed by atoms with Crippen molar-refractivity contribution in [1.82, 2.24) is 4.90 Å². The molecule has 0 fully saturated rings. The zero-order valence-corrected chi connectivity index (χ0v) is 9.50. The van der Waals surface area contributed by atoms with Crippen LogP contribution in [0.1, 0.15) is 20.8 Å². The molecule has 0 aliphatic carbocycles. The van der Waals surface area contributed by atoms with Crippen molar-refractivity contribution in [3.63, 3.8) is 0 Å². The Morgan fingerprint density at radius 2 is 1.69 bits per heavy atom. The molecule has 1 unspecified atom stereocenters. The van der Waals surface area contributed by atoms with Gasteiger partial charge >= 0.3 is 5.97 Å². The molecule has 0 aliphatic heterocycles. The summed E-state index contributed by atoms with van der Waals surface area (Å²) in [7, 11) is 5.24. The predicted octanol–water partition coefficient (Wildman–Crippen LogP) is 1.38. The van der Waals surface area contributed by atoms with E-state index in [1.165, 1.54) is 7.11 Å². The smallest absolute Gasteiger partial charge is 0.323 e. The van der Waals surface area contributed by atoms with Gasteiger partial charge in [0, 0.05) is 0 Å². The highest BCUT2D eigenvalue weighted by Gasteiger charge is 2.29. The molecule has 0 saturated carbocycles. The van der Waals surface area contributed by atoms with Crippen molar-refractivity contribution in [2.45, 2.75) is 26.8 Å².